The van der Waals surface area contributed by atoms with Gasteiger partial charge in [-0.1, -0.05) is 60.7 Å². The predicted molar refractivity (Wildman–Crippen MR) is 178 cm³/mol. The van der Waals surface area contributed by atoms with Crippen LogP contribution < -0.4 is 15.2 Å². The van der Waals surface area contributed by atoms with Gasteiger partial charge in [0.25, 0.3) is 0 Å². The Labute approximate surface area is 260 Å². The SMILES string of the molecule is CCOC(=O)c1cc(-c2ccc(OC)cc2OC)n(/N=C(\N)c2cccc(-c3c4ccccc4cc4ccccc34)c2O)c1C. The summed E-state index contributed by atoms with van der Waals surface area (Å²) < 4.78 is 17.9. The molecule has 5 aromatic carbocycles. The minimum Gasteiger partial charge on any atom is -0.507 e. The second kappa shape index (κ2) is 12.1. The predicted octanol–water partition coefficient (Wildman–Crippen LogP) is 7.51. The maximum Gasteiger partial charge on any atom is 0.340 e. The number of nitrogens with zero attached hydrogens (tertiary/aromatic N) is 2. The van der Waals surface area contributed by atoms with Gasteiger partial charge in [-0.25, -0.2) is 9.47 Å². The fraction of sp³-hybridized carbons (Fsp3) is 0.135. The molecule has 8 heteroatoms. The fourth-order valence-corrected chi connectivity index (χ4v) is 5.76. The highest BCUT2D eigenvalue weighted by molar-refractivity contribution is 6.14. The lowest BCUT2D eigenvalue weighted by atomic mass is 9.90. The van der Waals surface area contributed by atoms with E-state index in [1.807, 2.05) is 42.5 Å². The summed E-state index contributed by atoms with van der Waals surface area (Å²) in [6.07, 6.45) is 0. The molecule has 0 radical (unpaired) electrons. The van der Waals surface area contributed by atoms with Gasteiger partial charge in [0.1, 0.15) is 17.2 Å². The first-order chi connectivity index (χ1) is 21.9. The van der Waals surface area contributed by atoms with Crippen molar-refractivity contribution in [3.63, 3.8) is 0 Å². The van der Waals surface area contributed by atoms with Crippen LogP contribution in [-0.4, -0.2) is 42.4 Å². The number of methoxy groups -OCH3 is 2. The Morgan fingerprint density at radius 2 is 1.51 bits per heavy atom. The second-order valence-electron chi connectivity index (χ2n) is 10.5. The third kappa shape index (κ3) is 5.20. The molecule has 1 aromatic heterocycles. The van der Waals surface area contributed by atoms with E-state index < -0.39 is 5.97 Å². The molecule has 0 saturated heterocycles. The lowest BCUT2D eigenvalue weighted by Crippen LogP contribution is -2.17. The number of hydrogen-bond acceptors (Lipinski definition) is 6. The van der Waals surface area contributed by atoms with Crippen molar-refractivity contribution in [3.05, 3.63) is 114 Å². The van der Waals surface area contributed by atoms with Crippen LogP contribution in [0, 0.1) is 6.92 Å². The minimum absolute atomic E-state index is 0.000686. The van der Waals surface area contributed by atoms with Crippen molar-refractivity contribution in [1.29, 1.82) is 0 Å². The number of fused-ring (bicyclic) bond motifs is 2. The molecule has 0 atom stereocenters. The zero-order valence-electron chi connectivity index (χ0n) is 25.5. The van der Waals surface area contributed by atoms with Gasteiger partial charge in [-0.2, -0.15) is 0 Å². The van der Waals surface area contributed by atoms with E-state index in [4.69, 9.17) is 25.0 Å². The number of ether oxygens (including phenoxy) is 3. The topological polar surface area (TPSA) is 108 Å². The van der Waals surface area contributed by atoms with Gasteiger partial charge in [0.05, 0.1) is 43.3 Å². The van der Waals surface area contributed by atoms with Gasteiger partial charge in [0.2, 0.25) is 0 Å². The molecule has 3 N–H and O–H groups in total. The average Bonchev–Trinajstić information content (AvgIpc) is 3.38. The Bertz CT molecular complexity index is 2060. The van der Waals surface area contributed by atoms with E-state index in [0.29, 0.717) is 45.1 Å². The normalized spacial score (nSPS) is 11.6. The maximum absolute atomic E-state index is 12.9. The molecule has 0 saturated carbocycles. The Balaban J connectivity index is 1.55. The number of phenols is 1. The monoisotopic (exact) mass is 599 g/mol. The van der Waals surface area contributed by atoms with Crippen LogP contribution in [0.4, 0.5) is 0 Å². The van der Waals surface area contributed by atoms with E-state index >= 15 is 0 Å². The minimum atomic E-state index is -0.482. The number of benzene rings is 5. The zero-order chi connectivity index (χ0) is 31.7. The van der Waals surface area contributed by atoms with Crippen LogP contribution in [0.5, 0.6) is 17.2 Å². The van der Waals surface area contributed by atoms with Gasteiger partial charge in [-0.05, 0) is 65.7 Å². The molecule has 0 aliphatic carbocycles. The smallest absolute Gasteiger partial charge is 0.340 e. The molecule has 0 spiro atoms. The van der Waals surface area contributed by atoms with Gasteiger partial charge < -0.3 is 25.1 Å². The maximum atomic E-state index is 12.9. The number of hydrogen-bond donors (Lipinski definition) is 2. The summed E-state index contributed by atoms with van der Waals surface area (Å²) in [5.41, 5.74) is 10.6. The lowest BCUT2D eigenvalue weighted by molar-refractivity contribution is 0.0525. The Hall–Kier alpha value is -5.76. The van der Waals surface area contributed by atoms with Crippen LogP contribution in [0.15, 0.2) is 102 Å². The number of phenolic OH excluding ortho intramolecular Hbond substituents is 1. The molecule has 6 aromatic rings. The van der Waals surface area contributed by atoms with Crippen LogP contribution in [0.25, 0.3) is 43.9 Å². The first-order valence-corrected chi connectivity index (χ1v) is 14.6. The molecule has 45 heavy (non-hydrogen) atoms. The highest BCUT2D eigenvalue weighted by atomic mass is 16.5. The van der Waals surface area contributed by atoms with Crippen molar-refractivity contribution in [3.8, 4) is 39.6 Å². The zero-order valence-corrected chi connectivity index (χ0v) is 25.5. The molecule has 0 aliphatic heterocycles. The lowest BCUT2D eigenvalue weighted by Gasteiger charge is -2.16. The summed E-state index contributed by atoms with van der Waals surface area (Å²) in [5.74, 6) is 0.705. The van der Waals surface area contributed by atoms with Crippen molar-refractivity contribution >= 4 is 33.3 Å². The van der Waals surface area contributed by atoms with Crippen molar-refractivity contribution < 1.29 is 24.1 Å². The van der Waals surface area contributed by atoms with E-state index in [2.05, 4.69) is 30.3 Å². The molecule has 226 valence electrons. The summed E-state index contributed by atoms with van der Waals surface area (Å²) in [7, 11) is 3.13. The molecule has 0 aliphatic rings. The number of carbonyl (C=O) groups is 1. The first-order valence-electron chi connectivity index (χ1n) is 14.6. The van der Waals surface area contributed by atoms with Crippen LogP contribution in [-0.2, 0) is 4.74 Å². The van der Waals surface area contributed by atoms with Crippen molar-refractivity contribution in [2.75, 3.05) is 20.8 Å². The second-order valence-corrected chi connectivity index (χ2v) is 10.5. The number of amidine groups is 1. The number of aromatic hydroxyl groups is 1. The molecule has 8 nitrogen and oxygen atoms in total. The van der Waals surface area contributed by atoms with Crippen molar-refractivity contribution in [1.82, 2.24) is 4.68 Å². The van der Waals surface area contributed by atoms with Gasteiger partial charge >= 0.3 is 5.97 Å². The molecule has 1 heterocycles. The molecule has 0 unspecified atom stereocenters. The van der Waals surface area contributed by atoms with E-state index in [9.17, 15) is 9.90 Å². The number of carbonyl (C=O) groups excluding carboxylic acids is 1. The van der Waals surface area contributed by atoms with Crippen molar-refractivity contribution in [2.45, 2.75) is 13.8 Å². The highest BCUT2D eigenvalue weighted by Crippen LogP contribution is 2.42. The van der Waals surface area contributed by atoms with E-state index in [0.717, 1.165) is 27.1 Å². The highest BCUT2D eigenvalue weighted by Gasteiger charge is 2.23. The summed E-state index contributed by atoms with van der Waals surface area (Å²) >= 11 is 0. The van der Waals surface area contributed by atoms with E-state index in [1.54, 1.807) is 57.0 Å². The molecule has 0 bridgehead atoms. The van der Waals surface area contributed by atoms with Gasteiger partial charge in [-0.3, -0.25) is 0 Å². The Morgan fingerprint density at radius 1 is 0.822 bits per heavy atom. The number of esters is 1. The molecule has 6 rings (SSSR count). The third-order valence-electron chi connectivity index (χ3n) is 7.96. The van der Waals surface area contributed by atoms with Crippen LogP contribution in [0.1, 0.15) is 28.5 Å². The summed E-state index contributed by atoms with van der Waals surface area (Å²) in [4.78, 5) is 12.9. The summed E-state index contributed by atoms with van der Waals surface area (Å²) in [5, 5.41) is 20.7. The van der Waals surface area contributed by atoms with E-state index in [-0.39, 0.29) is 18.2 Å². The molecular formula is C37H33N3O5. The largest absolute Gasteiger partial charge is 0.507 e. The van der Waals surface area contributed by atoms with Crippen LogP contribution in [0.2, 0.25) is 0 Å². The third-order valence-corrected chi connectivity index (χ3v) is 7.96. The number of para-hydroxylation sites is 1. The fourth-order valence-electron chi connectivity index (χ4n) is 5.76. The number of rotatable bonds is 8. The van der Waals surface area contributed by atoms with Crippen LogP contribution in [0.3, 0.4) is 0 Å². The molecule has 0 amide bonds. The molecular weight excluding hydrogens is 566 g/mol. The quantitative estimate of drug-likeness (QED) is 0.0812. The van der Waals surface area contributed by atoms with Gasteiger partial charge in [-0.15, -0.1) is 5.10 Å². The van der Waals surface area contributed by atoms with Gasteiger partial charge in [0.15, 0.2) is 5.84 Å². The number of aromatic nitrogens is 1. The van der Waals surface area contributed by atoms with Gasteiger partial charge in [0, 0.05) is 22.8 Å². The summed E-state index contributed by atoms with van der Waals surface area (Å²) in [6.45, 7) is 3.74. The molecule has 0 fully saturated rings. The summed E-state index contributed by atoms with van der Waals surface area (Å²) in [6, 6.07) is 30.9. The van der Waals surface area contributed by atoms with Crippen LogP contribution >= 0.6 is 0 Å². The number of nitrogens with two attached hydrogens (primary N) is 1. The Morgan fingerprint density at radius 3 is 2.16 bits per heavy atom. The first kappa shape index (κ1) is 29.3. The van der Waals surface area contributed by atoms with E-state index in [1.165, 1.54) is 0 Å². The average molecular weight is 600 g/mol. The standard InChI is InChI=1S/C37H33N3O5/c1-5-45-37(42)31-21-32(28-18-17-25(43-3)20-33(28)44-4)40(22(31)2)39-36(38)30-16-10-15-29(35(30)41)34-26-13-8-6-11-23(26)19-24-12-7-9-14-27(24)34/h6-21,41H,5H2,1-4H3,(H2,38,39). The van der Waals surface area contributed by atoms with Crippen molar-refractivity contribution in [2.24, 2.45) is 10.8 Å². The Kier molecular flexibility index (Phi) is 7.87.